The van der Waals surface area contributed by atoms with E-state index in [9.17, 15) is 4.79 Å². The van der Waals surface area contributed by atoms with E-state index in [1.165, 1.54) is 0 Å². The van der Waals surface area contributed by atoms with Crippen molar-refractivity contribution in [1.29, 1.82) is 0 Å². The number of rotatable bonds is 7. The molecule has 0 saturated heterocycles. The van der Waals surface area contributed by atoms with Gasteiger partial charge in [-0.25, -0.2) is 0 Å². The molecule has 1 atom stereocenters. The summed E-state index contributed by atoms with van der Waals surface area (Å²) >= 11 is 0. The average Bonchev–Trinajstić information content (AvgIpc) is 2.21. The van der Waals surface area contributed by atoms with Crippen molar-refractivity contribution in [3.63, 3.8) is 0 Å². The van der Waals surface area contributed by atoms with E-state index in [0.717, 1.165) is 19.3 Å². The van der Waals surface area contributed by atoms with Crippen LogP contribution in [0.15, 0.2) is 12.2 Å². The molecule has 0 radical (unpaired) electrons. The smallest absolute Gasteiger partial charge is 0.193 e. The van der Waals surface area contributed by atoms with Gasteiger partial charge in [0.25, 0.3) is 0 Å². The zero-order valence-electron chi connectivity index (χ0n) is 13.2. The summed E-state index contributed by atoms with van der Waals surface area (Å²) in [7, 11) is -1.84. The summed E-state index contributed by atoms with van der Waals surface area (Å²) in [5.41, 5.74) is 0. The lowest BCUT2D eigenvalue weighted by Crippen LogP contribution is -2.44. The number of carbonyl (C=O) groups excluding carboxylic acids is 1. The summed E-state index contributed by atoms with van der Waals surface area (Å²) < 4.78 is 6.06. The molecule has 0 fully saturated rings. The maximum atomic E-state index is 11.9. The molecule has 106 valence electrons. The van der Waals surface area contributed by atoms with E-state index in [-0.39, 0.29) is 16.9 Å². The van der Waals surface area contributed by atoms with Crippen molar-refractivity contribution in [3.05, 3.63) is 12.2 Å². The van der Waals surface area contributed by atoms with Crippen molar-refractivity contribution in [2.45, 2.75) is 78.1 Å². The Balaban J connectivity index is 4.36. The van der Waals surface area contributed by atoms with Crippen LogP contribution >= 0.6 is 0 Å². The Kier molecular flexibility index (Phi) is 7.08. The molecule has 0 aliphatic rings. The fourth-order valence-electron chi connectivity index (χ4n) is 1.33. The zero-order valence-corrected chi connectivity index (χ0v) is 14.2. The van der Waals surface area contributed by atoms with Gasteiger partial charge in [-0.3, -0.25) is 4.79 Å². The van der Waals surface area contributed by atoms with Crippen LogP contribution in [0.5, 0.6) is 0 Å². The third-order valence-electron chi connectivity index (χ3n) is 3.68. The second-order valence-electron chi connectivity index (χ2n) is 6.47. The van der Waals surface area contributed by atoms with Crippen LogP contribution in [0.2, 0.25) is 18.1 Å². The molecule has 0 aromatic rings. The van der Waals surface area contributed by atoms with Gasteiger partial charge in [-0.15, -0.1) is 0 Å². The molecule has 0 saturated carbocycles. The Bertz CT molecular complexity index is 287. The quantitative estimate of drug-likeness (QED) is 0.380. The molecular formula is C15H30O2Si. The van der Waals surface area contributed by atoms with Gasteiger partial charge in [0.15, 0.2) is 14.1 Å². The first-order valence-corrected chi connectivity index (χ1v) is 9.91. The SMILES string of the molecule is CCCCC=CC(=O)[C@H](C)O[Si](C)(C)C(C)(C)C. The van der Waals surface area contributed by atoms with Crippen LogP contribution in [-0.2, 0) is 9.22 Å². The predicted octanol–water partition coefficient (Wildman–Crippen LogP) is 4.71. The van der Waals surface area contributed by atoms with Crippen molar-refractivity contribution in [1.82, 2.24) is 0 Å². The van der Waals surface area contributed by atoms with Crippen molar-refractivity contribution < 1.29 is 9.22 Å². The van der Waals surface area contributed by atoms with Crippen LogP contribution in [0, 0.1) is 0 Å². The summed E-state index contributed by atoms with van der Waals surface area (Å²) in [6.07, 6.45) is 6.62. The molecule has 0 aromatic carbocycles. The number of unbranched alkanes of at least 4 members (excludes halogenated alkanes) is 2. The van der Waals surface area contributed by atoms with Crippen molar-refractivity contribution >= 4 is 14.1 Å². The van der Waals surface area contributed by atoms with Crippen LogP contribution in [-0.4, -0.2) is 20.2 Å². The van der Waals surface area contributed by atoms with E-state index >= 15 is 0 Å². The Morgan fingerprint density at radius 3 is 2.33 bits per heavy atom. The number of ketones is 1. The molecule has 3 heteroatoms. The molecule has 0 aromatic heterocycles. The number of hydrogen-bond donors (Lipinski definition) is 0. The summed E-state index contributed by atoms with van der Waals surface area (Å²) in [6.45, 7) is 14.9. The Hall–Kier alpha value is -0.413. The molecule has 18 heavy (non-hydrogen) atoms. The van der Waals surface area contributed by atoms with Gasteiger partial charge in [0.1, 0.15) is 6.10 Å². The lowest BCUT2D eigenvalue weighted by molar-refractivity contribution is -0.120. The minimum Gasteiger partial charge on any atom is -0.407 e. The lowest BCUT2D eigenvalue weighted by atomic mass is 10.2. The van der Waals surface area contributed by atoms with Gasteiger partial charge >= 0.3 is 0 Å². The first-order valence-electron chi connectivity index (χ1n) is 7.00. The van der Waals surface area contributed by atoms with Crippen molar-refractivity contribution in [2.24, 2.45) is 0 Å². The first-order chi connectivity index (χ1) is 8.12. The van der Waals surface area contributed by atoms with E-state index in [4.69, 9.17) is 4.43 Å². The first kappa shape index (κ1) is 17.6. The van der Waals surface area contributed by atoms with Gasteiger partial charge in [0.2, 0.25) is 0 Å². The molecule has 0 amide bonds. The molecule has 0 aliphatic heterocycles. The Morgan fingerprint density at radius 2 is 1.89 bits per heavy atom. The highest BCUT2D eigenvalue weighted by Crippen LogP contribution is 2.37. The van der Waals surface area contributed by atoms with Gasteiger partial charge in [0, 0.05) is 0 Å². The lowest BCUT2D eigenvalue weighted by Gasteiger charge is -2.37. The second-order valence-corrected chi connectivity index (χ2v) is 11.2. The molecule has 0 N–H and O–H groups in total. The maximum absolute atomic E-state index is 11.9. The zero-order chi connectivity index (χ0) is 14.4. The number of hydrogen-bond acceptors (Lipinski definition) is 2. The third kappa shape index (κ3) is 5.96. The summed E-state index contributed by atoms with van der Waals surface area (Å²) in [5, 5.41) is 0.146. The van der Waals surface area contributed by atoms with Gasteiger partial charge < -0.3 is 4.43 Å². The van der Waals surface area contributed by atoms with Crippen molar-refractivity contribution in [3.8, 4) is 0 Å². The van der Waals surface area contributed by atoms with E-state index in [1.54, 1.807) is 6.08 Å². The molecule has 0 spiro atoms. The fraction of sp³-hybridized carbons (Fsp3) is 0.800. The number of allylic oxidation sites excluding steroid dienone is 1. The molecule has 0 unspecified atom stereocenters. The van der Waals surface area contributed by atoms with E-state index < -0.39 is 8.32 Å². The molecule has 0 bridgehead atoms. The van der Waals surface area contributed by atoms with Gasteiger partial charge in [-0.2, -0.15) is 0 Å². The molecular weight excluding hydrogens is 240 g/mol. The highest BCUT2D eigenvalue weighted by Gasteiger charge is 2.39. The molecule has 0 heterocycles. The normalized spacial score (nSPS) is 15.1. The maximum Gasteiger partial charge on any atom is 0.193 e. The Labute approximate surface area is 114 Å². The van der Waals surface area contributed by atoms with E-state index in [0.29, 0.717) is 0 Å². The average molecular weight is 270 g/mol. The van der Waals surface area contributed by atoms with Crippen LogP contribution in [0.25, 0.3) is 0 Å². The second kappa shape index (κ2) is 7.24. The standard InChI is InChI=1S/C15H30O2Si/c1-8-9-10-11-12-14(16)13(2)17-18(6,7)15(3,4)5/h11-13H,8-10H2,1-7H3/t13-/m0/s1. The van der Waals surface area contributed by atoms with Crippen molar-refractivity contribution in [2.75, 3.05) is 0 Å². The summed E-state index contributed by atoms with van der Waals surface area (Å²) in [5.74, 6) is 0.0935. The third-order valence-corrected chi connectivity index (χ3v) is 8.24. The summed E-state index contributed by atoms with van der Waals surface area (Å²) in [4.78, 5) is 11.9. The monoisotopic (exact) mass is 270 g/mol. The molecule has 0 aliphatic carbocycles. The predicted molar refractivity (Wildman–Crippen MR) is 81.4 cm³/mol. The van der Waals surface area contributed by atoms with Gasteiger partial charge in [-0.05, 0) is 37.6 Å². The van der Waals surface area contributed by atoms with E-state index in [1.807, 2.05) is 13.0 Å². The fourth-order valence-corrected chi connectivity index (χ4v) is 2.69. The molecule has 2 nitrogen and oxygen atoms in total. The highest BCUT2D eigenvalue weighted by atomic mass is 28.4. The molecule has 0 rings (SSSR count). The highest BCUT2D eigenvalue weighted by molar-refractivity contribution is 6.74. The largest absolute Gasteiger partial charge is 0.407 e. The summed E-state index contributed by atoms with van der Waals surface area (Å²) in [6, 6.07) is 0. The number of carbonyl (C=O) groups is 1. The van der Waals surface area contributed by atoms with Crippen LogP contribution in [0.3, 0.4) is 0 Å². The van der Waals surface area contributed by atoms with Crippen LogP contribution < -0.4 is 0 Å². The topological polar surface area (TPSA) is 26.3 Å². The van der Waals surface area contributed by atoms with Gasteiger partial charge in [-0.1, -0.05) is 46.6 Å². The minimum absolute atomic E-state index is 0.0935. The van der Waals surface area contributed by atoms with E-state index in [2.05, 4.69) is 40.8 Å². The van der Waals surface area contributed by atoms with Crippen LogP contribution in [0.1, 0.15) is 53.9 Å². The Morgan fingerprint density at radius 1 is 1.33 bits per heavy atom. The minimum atomic E-state index is -1.84. The van der Waals surface area contributed by atoms with Gasteiger partial charge in [0.05, 0.1) is 0 Å². The van der Waals surface area contributed by atoms with Crippen LogP contribution in [0.4, 0.5) is 0 Å².